The molecule has 0 aromatic carbocycles. The highest BCUT2D eigenvalue weighted by atomic mass is 16.6. The third-order valence-corrected chi connectivity index (χ3v) is 2.91. The fraction of sp³-hybridized carbons (Fsp3) is 0.667. The molecule has 0 saturated carbocycles. The van der Waals surface area contributed by atoms with Gasteiger partial charge in [-0.25, -0.2) is 14.3 Å². The van der Waals surface area contributed by atoms with Gasteiger partial charge in [-0.15, -0.1) is 5.10 Å². The first-order chi connectivity index (χ1) is 11.7. The van der Waals surface area contributed by atoms with E-state index in [1.165, 1.54) is 11.8 Å². The van der Waals surface area contributed by atoms with Gasteiger partial charge in [-0.05, 0) is 27.7 Å². The average Bonchev–Trinajstić information content (AvgIpc) is 2.87. The molecule has 0 atom stereocenters. The molecule has 0 radical (unpaired) electrons. The van der Waals surface area contributed by atoms with Crippen molar-refractivity contribution in [2.45, 2.75) is 46.3 Å². The van der Waals surface area contributed by atoms with Crippen LogP contribution >= 0.6 is 0 Å². The number of methoxy groups -OCH3 is 1. The van der Waals surface area contributed by atoms with Crippen molar-refractivity contribution in [3.63, 3.8) is 0 Å². The maximum Gasteiger partial charge on any atom is 0.407 e. The van der Waals surface area contributed by atoms with E-state index in [1.54, 1.807) is 27.7 Å². The minimum Gasteiger partial charge on any atom is -0.464 e. The highest BCUT2D eigenvalue weighted by molar-refractivity contribution is 5.88. The van der Waals surface area contributed by atoms with Gasteiger partial charge in [0.05, 0.1) is 12.8 Å². The molecule has 2 N–H and O–H groups in total. The van der Waals surface area contributed by atoms with Crippen molar-refractivity contribution in [3.8, 4) is 0 Å². The van der Waals surface area contributed by atoms with E-state index in [0.29, 0.717) is 12.2 Å². The van der Waals surface area contributed by atoms with Crippen LogP contribution in [0.15, 0.2) is 0 Å². The molecule has 1 rings (SSSR count). The molecular weight excluding hydrogens is 330 g/mol. The molecule has 1 aromatic heterocycles. The fourth-order valence-corrected chi connectivity index (χ4v) is 1.95. The number of aromatic nitrogens is 3. The summed E-state index contributed by atoms with van der Waals surface area (Å²) < 4.78 is 11.1. The second-order valence-corrected chi connectivity index (χ2v) is 6.17. The van der Waals surface area contributed by atoms with Crippen LogP contribution in [-0.4, -0.2) is 58.8 Å². The molecule has 0 fully saturated rings. The number of likely N-dealkylation sites (N-methyl/N-ethyl adjacent to an activating group) is 1. The number of nitrogens with zero attached hydrogens (tertiary/aromatic N) is 3. The molecule has 1 aromatic rings. The molecule has 0 saturated heterocycles. The van der Waals surface area contributed by atoms with Crippen molar-refractivity contribution in [1.29, 1.82) is 0 Å². The molecule has 2 amide bonds. The third-order valence-electron chi connectivity index (χ3n) is 2.91. The topological polar surface area (TPSA) is 124 Å². The van der Waals surface area contributed by atoms with Gasteiger partial charge in [-0.1, -0.05) is 5.21 Å². The molecule has 0 bridgehead atoms. The van der Waals surface area contributed by atoms with Gasteiger partial charge in [0, 0.05) is 19.5 Å². The average molecular weight is 355 g/mol. The van der Waals surface area contributed by atoms with Gasteiger partial charge in [0.25, 0.3) is 0 Å². The van der Waals surface area contributed by atoms with Gasteiger partial charge in [0.1, 0.15) is 12.1 Å². The number of rotatable bonds is 7. The maximum absolute atomic E-state index is 11.8. The van der Waals surface area contributed by atoms with E-state index < -0.39 is 17.7 Å². The predicted molar refractivity (Wildman–Crippen MR) is 88.0 cm³/mol. The molecule has 0 aliphatic heterocycles. The molecule has 1 heterocycles. The minimum atomic E-state index is -0.658. The van der Waals surface area contributed by atoms with E-state index >= 15 is 0 Å². The Kier molecular flexibility index (Phi) is 7.34. The molecule has 0 aliphatic rings. The van der Waals surface area contributed by atoms with Crippen LogP contribution < -0.4 is 10.6 Å². The number of hydrogen-bond acceptors (Lipinski definition) is 7. The molecule has 0 aliphatic carbocycles. The van der Waals surface area contributed by atoms with Crippen molar-refractivity contribution in [2.75, 3.05) is 20.2 Å². The summed E-state index contributed by atoms with van der Waals surface area (Å²) >= 11 is 0. The Morgan fingerprint density at radius 3 is 2.44 bits per heavy atom. The van der Waals surface area contributed by atoms with Crippen LogP contribution in [-0.2, 0) is 27.2 Å². The van der Waals surface area contributed by atoms with Gasteiger partial charge in [-0.2, -0.15) is 0 Å². The molecule has 25 heavy (non-hydrogen) atoms. The summed E-state index contributed by atoms with van der Waals surface area (Å²) in [4.78, 5) is 35.2. The third kappa shape index (κ3) is 6.77. The summed E-state index contributed by atoms with van der Waals surface area (Å²) in [5.41, 5.74) is -0.199. The number of amides is 2. The lowest BCUT2D eigenvalue weighted by atomic mass is 10.2. The standard InChI is InChI=1S/C15H25N5O5/c1-6-16-11(21)9-20-10(12(18-19-20)13(22)24-5)7-8-17-14(23)25-15(2,3)4/h6-9H2,1-5H3,(H,16,21)(H,17,23). The van der Waals surface area contributed by atoms with E-state index in [2.05, 4.69) is 25.7 Å². The Hall–Kier alpha value is -2.65. The quantitative estimate of drug-likeness (QED) is 0.673. The first-order valence-electron chi connectivity index (χ1n) is 7.92. The van der Waals surface area contributed by atoms with E-state index in [9.17, 15) is 14.4 Å². The minimum absolute atomic E-state index is 0.0118. The highest BCUT2D eigenvalue weighted by Crippen LogP contribution is 2.09. The lowest BCUT2D eigenvalue weighted by molar-refractivity contribution is -0.121. The van der Waals surface area contributed by atoms with Gasteiger partial charge in [0.15, 0.2) is 5.69 Å². The van der Waals surface area contributed by atoms with E-state index in [0.717, 1.165) is 0 Å². The summed E-state index contributed by atoms with van der Waals surface area (Å²) in [7, 11) is 1.23. The largest absolute Gasteiger partial charge is 0.464 e. The normalized spacial score (nSPS) is 10.9. The lowest BCUT2D eigenvalue weighted by Crippen LogP contribution is -2.34. The molecule has 0 unspecified atom stereocenters. The van der Waals surface area contributed by atoms with Gasteiger partial charge >= 0.3 is 12.1 Å². The van der Waals surface area contributed by atoms with Gasteiger partial charge in [0.2, 0.25) is 5.91 Å². The van der Waals surface area contributed by atoms with E-state index in [-0.39, 0.29) is 31.1 Å². The van der Waals surface area contributed by atoms with Crippen molar-refractivity contribution in [1.82, 2.24) is 25.6 Å². The second kappa shape index (κ2) is 9.00. The highest BCUT2D eigenvalue weighted by Gasteiger charge is 2.22. The van der Waals surface area contributed by atoms with Crippen molar-refractivity contribution in [2.24, 2.45) is 0 Å². The Bertz CT molecular complexity index is 620. The molecular formula is C15H25N5O5. The maximum atomic E-state index is 11.8. The van der Waals surface area contributed by atoms with Crippen LogP contribution in [0.5, 0.6) is 0 Å². The molecule has 140 valence electrons. The Morgan fingerprint density at radius 1 is 1.20 bits per heavy atom. The number of carbonyl (C=O) groups excluding carboxylic acids is 3. The second-order valence-electron chi connectivity index (χ2n) is 6.17. The van der Waals surface area contributed by atoms with Crippen molar-refractivity contribution in [3.05, 3.63) is 11.4 Å². The summed E-state index contributed by atoms with van der Waals surface area (Å²) in [6, 6.07) is 0. The SMILES string of the molecule is CCNC(=O)Cn1nnc(C(=O)OC)c1CCNC(=O)OC(C)(C)C. The summed E-state index contributed by atoms with van der Waals surface area (Å²) in [5.74, 6) is -0.917. The van der Waals surface area contributed by atoms with Crippen LogP contribution in [0, 0.1) is 0 Å². The number of nitrogens with one attached hydrogen (secondary N) is 2. The molecule has 10 heteroatoms. The molecule has 0 spiro atoms. The van der Waals surface area contributed by atoms with Crippen molar-refractivity contribution >= 4 is 18.0 Å². The number of carbonyl (C=O) groups is 3. The van der Waals surface area contributed by atoms with E-state index in [1.807, 2.05) is 0 Å². The van der Waals surface area contributed by atoms with Gasteiger partial charge in [-0.3, -0.25) is 4.79 Å². The number of alkyl carbamates (subject to hydrolysis) is 1. The predicted octanol–water partition coefficient (Wildman–Crippen LogP) is 0.268. The summed E-state index contributed by atoms with van der Waals surface area (Å²) in [6.45, 7) is 7.65. The summed E-state index contributed by atoms with van der Waals surface area (Å²) in [6.07, 6.45) is -0.342. The number of hydrogen-bond donors (Lipinski definition) is 2. The van der Waals surface area contributed by atoms with Crippen LogP contribution in [0.3, 0.4) is 0 Å². The lowest BCUT2D eigenvalue weighted by Gasteiger charge is -2.19. The van der Waals surface area contributed by atoms with Gasteiger partial charge < -0.3 is 20.1 Å². The zero-order valence-corrected chi connectivity index (χ0v) is 15.2. The molecule has 10 nitrogen and oxygen atoms in total. The number of ether oxygens (including phenoxy) is 2. The van der Waals surface area contributed by atoms with Crippen molar-refractivity contribution < 1.29 is 23.9 Å². The summed E-state index contributed by atoms with van der Waals surface area (Å²) in [5, 5.41) is 12.8. The van der Waals surface area contributed by atoms with Crippen LogP contribution in [0.1, 0.15) is 43.9 Å². The Balaban J connectivity index is 2.80. The first kappa shape index (κ1) is 20.4. The zero-order chi connectivity index (χ0) is 19.0. The van der Waals surface area contributed by atoms with Crippen LogP contribution in [0.25, 0.3) is 0 Å². The monoisotopic (exact) mass is 355 g/mol. The van der Waals surface area contributed by atoms with E-state index in [4.69, 9.17) is 4.74 Å². The zero-order valence-electron chi connectivity index (χ0n) is 15.2. The smallest absolute Gasteiger partial charge is 0.407 e. The van der Waals surface area contributed by atoms with Crippen LogP contribution in [0.2, 0.25) is 0 Å². The Morgan fingerprint density at radius 2 is 1.88 bits per heavy atom. The fourth-order valence-electron chi connectivity index (χ4n) is 1.95. The first-order valence-corrected chi connectivity index (χ1v) is 7.92. The number of esters is 1. The Labute approximate surface area is 146 Å². The van der Waals surface area contributed by atoms with Crippen LogP contribution in [0.4, 0.5) is 4.79 Å².